The molecule has 0 radical (unpaired) electrons. The summed E-state index contributed by atoms with van der Waals surface area (Å²) in [5.74, 6) is 1.38. The summed E-state index contributed by atoms with van der Waals surface area (Å²) in [6.07, 6.45) is 5.23. The number of aromatic nitrogens is 5. The van der Waals surface area contributed by atoms with E-state index >= 15 is 0 Å². The Balaban J connectivity index is 1.76. The number of pyridine rings is 3. The smallest absolute Gasteiger partial charge is 0.333 e. The molecule has 160 valence electrons. The molecule has 1 aromatic carbocycles. The minimum atomic E-state index is -0.163. The van der Waals surface area contributed by atoms with Crippen LogP contribution in [-0.2, 0) is 7.05 Å². The van der Waals surface area contributed by atoms with Crippen molar-refractivity contribution in [3.63, 3.8) is 0 Å². The van der Waals surface area contributed by atoms with E-state index in [1.807, 2.05) is 55.5 Å². The molecule has 5 aromatic rings. The van der Waals surface area contributed by atoms with E-state index in [-0.39, 0.29) is 5.69 Å². The summed E-state index contributed by atoms with van der Waals surface area (Å²) in [7, 11) is 7.23. The number of imidazole rings is 1. The summed E-state index contributed by atoms with van der Waals surface area (Å²) in [4.78, 5) is 28.5. The summed E-state index contributed by atoms with van der Waals surface area (Å²) in [6, 6.07) is 13.7. The average Bonchev–Trinajstić information content (AvgIpc) is 3.09. The average molecular weight is 426 g/mol. The standard InChI is InChI=1S/C24H22N6O2/c1-28(2)21-9-6-16(12-26-21)15-5-8-19-18(11-15)23-20(14-25-19)29(3)24(31)30(23)17-7-10-22(32-4)27-13-17/h5-14H,1-4H3. The largest absolute Gasteiger partial charge is 0.481 e. The summed E-state index contributed by atoms with van der Waals surface area (Å²) >= 11 is 0. The number of anilines is 1. The van der Waals surface area contributed by atoms with E-state index in [9.17, 15) is 4.79 Å². The van der Waals surface area contributed by atoms with Crippen LogP contribution in [0.1, 0.15) is 0 Å². The van der Waals surface area contributed by atoms with Gasteiger partial charge in [0.15, 0.2) is 0 Å². The SMILES string of the molecule is COc1ccc(-n2c(=O)n(C)c3cnc4ccc(-c5ccc(N(C)C)nc5)cc4c32)cn1. The lowest BCUT2D eigenvalue weighted by molar-refractivity contribution is 0.398. The van der Waals surface area contributed by atoms with Gasteiger partial charge in [-0.3, -0.25) is 14.1 Å². The van der Waals surface area contributed by atoms with Gasteiger partial charge in [0.25, 0.3) is 0 Å². The van der Waals surface area contributed by atoms with Gasteiger partial charge in [0.2, 0.25) is 5.88 Å². The first-order chi connectivity index (χ1) is 15.5. The Labute approximate surface area is 184 Å². The highest BCUT2D eigenvalue weighted by Crippen LogP contribution is 2.30. The fraction of sp³-hybridized carbons (Fsp3) is 0.167. The lowest BCUT2D eigenvalue weighted by Crippen LogP contribution is -2.20. The molecule has 0 saturated heterocycles. The Morgan fingerprint density at radius 2 is 1.72 bits per heavy atom. The predicted octanol–water partition coefficient (Wildman–Crippen LogP) is 3.41. The van der Waals surface area contributed by atoms with Crippen LogP contribution in [0.2, 0.25) is 0 Å². The minimum Gasteiger partial charge on any atom is -0.481 e. The van der Waals surface area contributed by atoms with Crippen LogP contribution in [0, 0.1) is 0 Å². The van der Waals surface area contributed by atoms with E-state index in [2.05, 4.69) is 21.0 Å². The van der Waals surface area contributed by atoms with Crippen LogP contribution >= 0.6 is 0 Å². The van der Waals surface area contributed by atoms with Crippen molar-refractivity contribution in [1.29, 1.82) is 0 Å². The number of hydrogen-bond acceptors (Lipinski definition) is 6. The maximum atomic E-state index is 13.2. The maximum Gasteiger partial charge on any atom is 0.333 e. The number of benzene rings is 1. The van der Waals surface area contributed by atoms with Gasteiger partial charge in [0.1, 0.15) is 5.82 Å². The normalized spacial score (nSPS) is 11.2. The van der Waals surface area contributed by atoms with E-state index in [0.29, 0.717) is 11.6 Å². The molecule has 8 nitrogen and oxygen atoms in total. The number of aryl methyl sites for hydroxylation is 1. The minimum absolute atomic E-state index is 0.163. The molecule has 0 saturated carbocycles. The number of ether oxygens (including phenoxy) is 1. The molecule has 0 unspecified atom stereocenters. The highest BCUT2D eigenvalue weighted by Gasteiger charge is 2.17. The summed E-state index contributed by atoms with van der Waals surface area (Å²) in [5.41, 5.74) is 4.83. The second kappa shape index (κ2) is 7.49. The van der Waals surface area contributed by atoms with Gasteiger partial charge in [-0.25, -0.2) is 14.8 Å². The predicted molar refractivity (Wildman–Crippen MR) is 126 cm³/mol. The van der Waals surface area contributed by atoms with E-state index < -0.39 is 0 Å². The second-order valence-corrected chi connectivity index (χ2v) is 7.76. The van der Waals surface area contributed by atoms with E-state index in [1.165, 1.54) is 0 Å². The molecule has 8 heteroatoms. The summed E-state index contributed by atoms with van der Waals surface area (Å²) in [6.45, 7) is 0. The molecule has 5 rings (SSSR count). The Kier molecular flexibility index (Phi) is 4.62. The van der Waals surface area contributed by atoms with Gasteiger partial charge in [0.05, 0.1) is 41.7 Å². The Morgan fingerprint density at radius 3 is 2.38 bits per heavy atom. The quantitative estimate of drug-likeness (QED) is 0.438. The monoisotopic (exact) mass is 426 g/mol. The van der Waals surface area contributed by atoms with Crippen LogP contribution in [0.3, 0.4) is 0 Å². The summed E-state index contributed by atoms with van der Waals surface area (Å²) in [5, 5.41) is 0.880. The van der Waals surface area contributed by atoms with Gasteiger partial charge in [-0.1, -0.05) is 6.07 Å². The van der Waals surface area contributed by atoms with Crippen molar-refractivity contribution >= 4 is 27.8 Å². The molecule has 0 aliphatic carbocycles. The van der Waals surface area contributed by atoms with E-state index in [0.717, 1.165) is 38.9 Å². The Bertz CT molecular complexity index is 1500. The molecule has 0 bridgehead atoms. The molecule has 4 heterocycles. The van der Waals surface area contributed by atoms with Gasteiger partial charge in [-0.05, 0) is 35.9 Å². The van der Waals surface area contributed by atoms with Crippen LogP contribution in [0.25, 0.3) is 38.8 Å². The van der Waals surface area contributed by atoms with Crippen molar-refractivity contribution in [3.05, 3.63) is 71.5 Å². The molecule has 0 atom stereocenters. The van der Waals surface area contributed by atoms with Crippen molar-refractivity contribution in [2.24, 2.45) is 7.05 Å². The fourth-order valence-electron chi connectivity index (χ4n) is 3.86. The van der Waals surface area contributed by atoms with E-state index in [1.54, 1.807) is 41.8 Å². The van der Waals surface area contributed by atoms with Crippen LogP contribution < -0.4 is 15.3 Å². The number of rotatable bonds is 4. The topological polar surface area (TPSA) is 78.1 Å². The third-order valence-electron chi connectivity index (χ3n) is 5.61. The number of nitrogens with zero attached hydrogens (tertiary/aromatic N) is 6. The highest BCUT2D eigenvalue weighted by molar-refractivity contribution is 6.04. The van der Waals surface area contributed by atoms with Crippen molar-refractivity contribution in [1.82, 2.24) is 24.1 Å². The first-order valence-corrected chi connectivity index (χ1v) is 10.1. The van der Waals surface area contributed by atoms with Crippen LogP contribution in [-0.4, -0.2) is 45.3 Å². The van der Waals surface area contributed by atoms with Crippen molar-refractivity contribution in [2.75, 3.05) is 26.1 Å². The zero-order valence-corrected chi connectivity index (χ0v) is 18.3. The highest BCUT2D eigenvalue weighted by atomic mass is 16.5. The molecule has 0 spiro atoms. The molecule has 0 N–H and O–H groups in total. The van der Waals surface area contributed by atoms with Crippen molar-refractivity contribution in [3.8, 4) is 22.7 Å². The molecule has 0 fully saturated rings. The number of fused-ring (bicyclic) bond motifs is 3. The van der Waals surface area contributed by atoms with Gasteiger partial charge >= 0.3 is 5.69 Å². The van der Waals surface area contributed by atoms with Crippen LogP contribution in [0.5, 0.6) is 5.88 Å². The van der Waals surface area contributed by atoms with Gasteiger partial charge in [-0.2, -0.15) is 0 Å². The molecule has 0 aliphatic rings. The van der Waals surface area contributed by atoms with E-state index in [4.69, 9.17) is 4.74 Å². The third kappa shape index (κ3) is 3.08. The molecular weight excluding hydrogens is 404 g/mol. The molecular formula is C24H22N6O2. The van der Waals surface area contributed by atoms with Crippen LogP contribution in [0.4, 0.5) is 5.82 Å². The third-order valence-corrected chi connectivity index (χ3v) is 5.61. The Morgan fingerprint density at radius 1 is 0.906 bits per heavy atom. The van der Waals surface area contributed by atoms with Gasteiger partial charge < -0.3 is 9.64 Å². The second-order valence-electron chi connectivity index (χ2n) is 7.76. The molecule has 4 aromatic heterocycles. The zero-order chi connectivity index (χ0) is 22.4. The van der Waals surface area contributed by atoms with Gasteiger partial charge in [-0.15, -0.1) is 0 Å². The van der Waals surface area contributed by atoms with Crippen molar-refractivity contribution in [2.45, 2.75) is 0 Å². The van der Waals surface area contributed by atoms with Gasteiger partial charge in [0, 0.05) is 44.4 Å². The molecule has 0 amide bonds. The number of hydrogen-bond donors (Lipinski definition) is 0. The Hall–Kier alpha value is -4.20. The first kappa shape index (κ1) is 19.7. The lowest BCUT2D eigenvalue weighted by Gasteiger charge is -2.12. The molecule has 0 aliphatic heterocycles. The number of methoxy groups -OCH3 is 1. The maximum absolute atomic E-state index is 13.2. The molecule has 32 heavy (non-hydrogen) atoms. The fourth-order valence-corrected chi connectivity index (χ4v) is 3.86. The zero-order valence-electron chi connectivity index (χ0n) is 18.3. The van der Waals surface area contributed by atoms with Crippen LogP contribution in [0.15, 0.2) is 65.8 Å². The lowest BCUT2D eigenvalue weighted by atomic mass is 10.0. The first-order valence-electron chi connectivity index (χ1n) is 10.1. The summed E-state index contributed by atoms with van der Waals surface area (Å²) < 4.78 is 8.44. The van der Waals surface area contributed by atoms with Crippen molar-refractivity contribution < 1.29 is 4.74 Å².